The molecule has 110 valence electrons. The maximum atomic E-state index is 5.59. The van der Waals surface area contributed by atoms with Crippen LogP contribution in [0.15, 0.2) is 24.3 Å². The first-order valence-corrected chi connectivity index (χ1v) is 7.39. The molecule has 0 unspecified atom stereocenters. The fraction of sp³-hybridized carbons (Fsp3) is 0.529. The van der Waals surface area contributed by atoms with Gasteiger partial charge >= 0.3 is 0 Å². The van der Waals surface area contributed by atoms with Crippen LogP contribution < -0.4 is 9.47 Å². The summed E-state index contributed by atoms with van der Waals surface area (Å²) in [6.45, 7) is 6.49. The molecule has 2 rings (SSSR count). The van der Waals surface area contributed by atoms with Gasteiger partial charge in [-0.05, 0) is 42.9 Å². The van der Waals surface area contributed by atoms with Crippen LogP contribution in [0.1, 0.15) is 38.7 Å². The first-order valence-electron chi connectivity index (χ1n) is 7.39. The predicted octanol–water partition coefficient (Wildman–Crippen LogP) is 4.27. The molecule has 0 saturated heterocycles. The molecule has 3 nitrogen and oxygen atoms in total. The van der Waals surface area contributed by atoms with E-state index in [0.29, 0.717) is 6.79 Å². The highest BCUT2D eigenvalue weighted by Gasteiger charge is 2.11. The van der Waals surface area contributed by atoms with Crippen molar-refractivity contribution in [3.63, 3.8) is 0 Å². The highest BCUT2D eigenvalue weighted by Crippen LogP contribution is 2.32. The van der Waals surface area contributed by atoms with Gasteiger partial charge in [-0.25, -0.2) is 0 Å². The fourth-order valence-electron chi connectivity index (χ4n) is 1.96. The van der Waals surface area contributed by atoms with Crippen molar-refractivity contribution >= 4 is 6.08 Å². The topological polar surface area (TPSA) is 27.7 Å². The zero-order valence-corrected chi connectivity index (χ0v) is 12.4. The van der Waals surface area contributed by atoms with Crippen molar-refractivity contribution in [2.45, 2.75) is 33.1 Å². The summed E-state index contributed by atoms with van der Waals surface area (Å²) in [6.07, 6.45) is 7.56. The molecule has 0 N–H and O–H groups in total. The van der Waals surface area contributed by atoms with Gasteiger partial charge in [0.25, 0.3) is 0 Å². The summed E-state index contributed by atoms with van der Waals surface area (Å²) in [4.78, 5) is 0. The van der Waals surface area contributed by atoms with Crippen molar-refractivity contribution < 1.29 is 14.2 Å². The van der Waals surface area contributed by atoms with E-state index < -0.39 is 0 Å². The van der Waals surface area contributed by atoms with Crippen LogP contribution in [0.5, 0.6) is 11.5 Å². The van der Waals surface area contributed by atoms with Crippen molar-refractivity contribution in [1.82, 2.24) is 0 Å². The van der Waals surface area contributed by atoms with E-state index >= 15 is 0 Å². The van der Waals surface area contributed by atoms with Crippen molar-refractivity contribution in [2.24, 2.45) is 5.92 Å². The number of benzene rings is 1. The Bertz CT molecular complexity index is 438. The van der Waals surface area contributed by atoms with Crippen LogP contribution in [0, 0.1) is 5.92 Å². The largest absolute Gasteiger partial charge is 0.454 e. The fourth-order valence-corrected chi connectivity index (χ4v) is 1.96. The zero-order valence-electron chi connectivity index (χ0n) is 12.4. The van der Waals surface area contributed by atoms with Crippen molar-refractivity contribution in [1.29, 1.82) is 0 Å². The molecule has 0 spiro atoms. The average molecular weight is 276 g/mol. The normalized spacial score (nSPS) is 13.6. The molecule has 3 heteroatoms. The number of unbranched alkanes of at least 4 members (excludes halogenated alkanes) is 1. The number of hydrogen-bond acceptors (Lipinski definition) is 3. The molecule has 1 aliphatic rings. The summed E-state index contributed by atoms with van der Waals surface area (Å²) in [5.74, 6) is 2.39. The summed E-state index contributed by atoms with van der Waals surface area (Å²) in [5.41, 5.74) is 1.15. The Morgan fingerprint density at radius 2 is 2.05 bits per heavy atom. The summed E-state index contributed by atoms with van der Waals surface area (Å²) >= 11 is 0. The Labute approximate surface area is 121 Å². The number of rotatable bonds is 8. The molecule has 1 heterocycles. The minimum Gasteiger partial charge on any atom is -0.454 e. The third-order valence-electron chi connectivity index (χ3n) is 3.21. The van der Waals surface area contributed by atoms with Gasteiger partial charge in [-0.2, -0.15) is 0 Å². The number of allylic oxidation sites excluding steroid dienone is 1. The summed E-state index contributed by atoms with van der Waals surface area (Å²) < 4.78 is 16.2. The van der Waals surface area contributed by atoms with Crippen LogP contribution in [-0.4, -0.2) is 20.0 Å². The molecular weight excluding hydrogens is 252 g/mol. The highest BCUT2D eigenvalue weighted by atomic mass is 16.7. The Balaban J connectivity index is 1.62. The molecule has 1 aliphatic heterocycles. The summed E-state index contributed by atoms with van der Waals surface area (Å²) in [6, 6.07) is 6.01. The molecule has 1 aromatic rings. The second kappa shape index (κ2) is 7.95. The Hall–Kier alpha value is -1.48. The zero-order chi connectivity index (χ0) is 14.2. The van der Waals surface area contributed by atoms with E-state index in [-0.39, 0.29) is 0 Å². The molecule has 0 saturated carbocycles. The Morgan fingerprint density at radius 1 is 1.20 bits per heavy atom. The molecule has 0 aromatic heterocycles. The molecule has 0 radical (unpaired) electrons. The second-order valence-corrected chi connectivity index (χ2v) is 5.45. The molecule has 0 aliphatic carbocycles. The van der Waals surface area contributed by atoms with Crippen LogP contribution in [0.25, 0.3) is 6.08 Å². The standard InChI is InChI=1S/C17H24O3/c1-14(2)9-11-18-10-5-3-4-6-15-7-8-16-17(12-15)20-13-19-16/h4,6-8,12,14H,3,5,9-11,13H2,1-2H3/b6-4+. The molecule has 0 fully saturated rings. The second-order valence-electron chi connectivity index (χ2n) is 5.45. The van der Waals surface area contributed by atoms with E-state index in [4.69, 9.17) is 14.2 Å². The maximum Gasteiger partial charge on any atom is 0.231 e. The van der Waals surface area contributed by atoms with Crippen molar-refractivity contribution in [2.75, 3.05) is 20.0 Å². The number of fused-ring (bicyclic) bond motifs is 1. The lowest BCUT2D eigenvalue weighted by Crippen LogP contribution is -2.00. The SMILES string of the molecule is CC(C)CCOCCC/C=C/c1ccc2c(c1)OCO2. The van der Waals surface area contributed by atoms with Crippen molar-refractivity contribution in [3.8, 4) is 11.5 Å². The van der Waals surface area contributed by atoms with E-state index in [1.807, 2.05) is 18.2 Å². The van der Waals surface area contributed by atoms with E-state index in [1.165, 1.54) is 0 Å². The molecule has 0 bridgehead atoms. The van der Waals surface area contributed by atoms with Crippen LogP contribution in [0.4, 0.5) is 0 Å². The summed E-state index contributed by atoms with van der Waals surface area (Å²) in [5, 5.41) is 0. The molecule has 1 aromatic carbocycles. The van der Waals surface area contributed by atoms with Gasteiger partial charge in [0.05, 0.1) is 0 Å². The quantitative estimate of drug-likeness (QED) is 0.664. The maximum absolute atomic E-state index is 5.59. The Kier molecular flexibility index (Phi) is 5.93. The minimum absolute atomic E-state index is 0.330. The van der Waals surface area contributed by atoms with Gasteiger partial charge in [0.1, 0.15) is 0 Å². The van der Waals surface area contributed by atoms with Crippen LogP contribution in [0.3, 0.4) is 0 Å². The number of ether oxygens (including phenoxy) is 3. The first-order chi connectivity index (χ1) is 9.75. The third kappa shape index (κ3) is 4.89. The van der Waals surface area contributed by atoms with Crippen LogP contribution in [-0.2, 0) is 4.74 Å². The van der Waals surface area contributed by atoms with Gasteiger partial charge in [0.15, 0.2) is 11.5 Å². The smallest absolute Gasteiger partial charge is 0.231 e. The lowest BCUT2D eigenvalue weighted by molar-refractivity contribution is 0.122. The summed E-state index contributed by atoms with van der Waals surface area (Å²) in [7, 11) is 0. The predicted molar refractivity (Wildman–Crippen MR) is 81.1 cm³/mol. The minimum atomic E-state index is 0.330. The van der Waals surface area contributed by atoms with E-state index in [2.05, 4.69) is 26.0 Å². The van der Waals surface area contributed by atoms with Gasteiger partial charge in [-0.1, -0.05) is 32.1 Å². The molecular formula is C17H24O3. The van der Waals surface area contributed by atoms with Gasteiger partial charge in [0, 0.05) is 13.2 Å². The van der Waals surface area contributed by atoms with Crippen LogP contribution >= 0.6 is 0 Å². The molecule has 0 amide bonds. The Morgan fingerprint density at radius 3 is 2.90 bits per heavy atom. The highest BCUT2D eigenvalue weighted by molar-refractivity contribution is 5.56. The monoisotopic (exact) mass is 276 g/mol. The van der Waals surface area contributed by atoms with Crippen molar-refractivity contribution in [3.05, 3.63) is 29.8 Å². The van der Waals surface area contributed by atoms with Gasteiger partial charge in [-0.15, -0.1) is 0 Å². The van der Waals surface area contributed by atoms with E-state index in [9.17, 15) is 0 Å². The first kappa shape index (κ1) is 14.9. The van der Waals surface area contributed by atoms with Crippen LogP contribution in [0.2, 0.25) is 0 Å². The van der Waals surface area contributed by atoms with Gasteiger partial charge < -0.3 is 14.2 Å². The lowest BCUT2D eigenvalue weighted by atomic mass is 10.1. The average Bonchev–Trinajstić information content (AvgIpc) is 2.89. The third-order valence-corrected chi connectivity index (χ3v) is 3.21. The van der Waals surface area contributed by atoms with E-state index in [1.54, 1.807) is 0 Å². The van der Waals surface area contributed by atoms with Gasteiger partial charge in [0.2, 0.25) is 6.79 Å². The lowest BCUT2D eigenvalue weighted by Gasteiger charge is -2.05. The van der Waals surface area contributed by atoms with E-state index in [0.717, 1.165) is 55.5 Å². The van der Waals surface area contributed by atoms with Gasteiger partial charge in [-0.3, -0.25) is 0 Å². The molecule has 20 heavy (non-hydrogen) atoms. The number of hydrogen-bond donors (Lipinski definition) is 0. The molecule has 0 atom stereocenters.